The number of hydrogen-bond acceptors (Lipinski definition) is 4. The first-order chi connectivity index (χ1) is 11.7. The van der Waals surface area contributed by atoms with E-state index in [4.69, 9.17) is 10.5 Å². The van der Waals surface area contributed by atoms with Gasteiger partial charge in [-0.15, -0.1) is 12.4 Å². The third-order valence-corrected chi connectivity index (χ3v) is 5.49. The Morgan fingerprint density at radius 3 is 2.46 bits per heavy atom. The molecule has 1 aromatic rings. The minimum absolute atomic E-state index is 0. The smallest absolute Gasteiger partial charge is 0.248 e. The molecule has 0 radical (unpaired) electrons. The maximum absolute atomic E-state index is 13.8. The quantitative estimate of drug-likeness (QED) is 0.846. The van der Waals surface area contributed by atoms with Gasteiger partial charge in [0.15, 0.2) is 0 Å². The van der Waals surface area contributed by atoms with Crippen LogP contribution in [0.15, 0.2) is 24.3 Å². The maximum atomic E-state index is 13.8. The van der Waals surface area contributed by atoms with Crippen LogP contribution in [-0.4, -0.2) is 36.7 Å². The summed E-state index contributed by atoms with van der Waals surface area (Å²) in [4.78, 5) is 14.7. The minimum Gasteiger partial charge on any atom is -0.497 e. The summed E-state index contributed by atoms with van der Waals surface area (Å²) in [6.45, 7) is 5.70. The molecule has 1 amide bonds. The highest BCUT2D eigenvalue weighted by Gasteiger charge is 2.52. The molecular weight excluding hydrogens is 357 g/mol. The number of nitriles is 1. The third-order valence-electron chi connectivity index (χ3n) is 5.49. The van der Waals surface area contributed by atoms with E-state index in [0.717, 1.165) is 0 Å². The van der Waals surface area contributed by atoms with Gasteiger partial charge in [0.25, 0.3) is 0 Å². The number of alkyl halides is 1. The number of ether oxygens (including phenoxy) is 1. The lowest BCUT2D eigenvalue weighted by Crippen LogP contribution is -2.61. The molecule has 3 unspecified atom stereocenters. The highest BCUT2D eigenvalue weighted by atomic mass is 35.5. The third kappa shape index (κ3) is 3.65. The van der Waals surface area contributed by atoms with Gasteiger partial charge in [0.1, 0.15) is 23.5 Å². The predicted octanol–water partition coefficient (Wildman–Crippen LogP) is 3.17. The Bertz CT molecular complexity index is 674. The average Bonchev–Trinajstić information content (AvgIpc) is 3.01. The van der Waals surface area contributed by atoms with E-state index in [9.17, 15) is 14.4 Å². The van der Waals surface area contributed by atoms with Crippen molar-refractivity contribution in [2.45, 2.75) is 51.4 Å². The number of benzene rings is 1. The molecule has 1 aliphatic heterocycles. The summed E-state index contributed by atoms with van der Waals surface area (Å²) in [6, 6.07) is 8.27. The fourth-order valence-corrected chi connectivity index (χ4v) is 3.29. The normalized spacial score (nSPS) is 22.1. The first-order valence-electron chi connectivity index (χ1n) is 8.49. The highest BCUT2D eigenvalue weighted by Crippen LogP contribution is 2.43. The lowest BCUT2D eigenvalue weighted by Gasteiger charge is -2.45. The van der Waals surface area contributed by atoms with Crippen LogP contribution < -0.4 is 10.5 Å². The summed E-state index contributed by atoms with van der Waals surface area (Å²) in [5.74, 6) is 0.254. The highest BCUT2D eigenvalue weighted by molar-refractivity contribution is 5.89. The Kier molecular flexibility index (Phi) is 7.03. The van der Waals surface area contributed by atoms with E-state index in [2.05, 4.69) is 0 Å². The monoisotopic (exact) mass is 383 g/mol. The molecule has 0 aliphatic carbocycles. The Morgan fingerprint density at radius 2 is 2.00 bits per heavy atom. The van der Waals surface area contributed by atoms with Crippen molar-refractivity contribution in [2.24, 2.45) is 11.1 Å². The van der Waals surface area contributed by atoms with Crippen molar-refractivity contribution in [3.8, 4) is 11.8 Å². The fraction of sp³-hybridized carbons (Fsp3) is 0.579. The van der Waals surface area contributed by atoms with Crippen molar-refractivity contribution < 1.29 is 13.9 Å². The first kappa shape index (κ1) is 22.2. The van der Waals surface area contributed by atoms with Crippen LogP contribution in [0.3, 0.4) is 0 Å². The molecule has 1 saturated heterocycles. The molecule has 1 heterocycles. The van der Waals surface area contributed by atoms with Crippen molar-refractivity contribution in [1.29, 1.82) is 5.26 Å². The van der Waals surface area contributed by atoms with Crippen LogP contribution in [0.5, 0.6) is 5.75 Å². The largest absolute Gasteiger partial charge is 0.497 e. The number of carbonyl (C=O) groups is 1. The molecule has 1 fully saturated rings. The van der Waals surface area contributed by atoms with Gasteiger partial charge in [-0.3, -0.25) is 4.79 Å². The van der Waals surface area contributed by atoms with E-state index in [0.29, 0.717) is 17.7 Å². The predicted molar refractivity (Wildman–Crippen MR) is 101 cm³/mol. The Morgan fingerprint density at radius 1 is 1.42 bits per heavy atom. The second-order valence-electron chi connectivity index (χ2n) is 7.21. The fourth-order valence-electron chi connectivity index (χ4n) is 3.29. The molecule has 26 heavy (non-hydrogen) atoms. The number of nitrogens with zero attached hydrogens (tertiary/aromatic N) is 2. The standard InChI is InChI=1S/C19H26FN3O2.ClH/c1-5-18(2,3)19(22,13-6-8-16(25-4)9-7-13)17(24)23-12-14(20)10-15(23)11-21;/h6-9,14-15H,5,10,12,22H2,1-4H3;1H. The summed E-state index contributed by atoms with van der Waals surface area (Å²) in [5.41, 5.74) is 5.39. The zero-order valence-electron chi connectivity index (χ0n) is 15.7. The zero-order chi connectivity index (χ0) is 18.8. The van der Waals surface area contributed by atoms with Gasteiger partial charge >= 0.3 is 0 Å². The maximum Gasteiger partial charge on any atom is 0.248 e. The van der Waals surface area contributed by atoms with Crippen LogP contribution >= 0.6 is 12.4 Å². The summed E-state index contributed by atoms with van der Waals surface area (Å²) in [6.07, 6.45) is -0.516. The number of rotatable bonds is 5. The summed E-state index contributed by atoms with van der Waals surface area (Å²) < 4.78 is 19.0. The van der Waals surface area contributed by atoms with Gasteiger partial charge in [0.2, 0.25) is 5.91 Å². The van der Waals surface area contributed by atoms with Crippen molar-refractivity contribution in [3.05, 3.63) is 29.8 Å². The molecular formula is C19H27ClFN3O2. The lowest BCUT2D eigenvalue weighted by atomic mass is 9.66. The van der Waals surface area contributed by atoms with E-state index in [1.54, 1.807) is 31.4 Å². The van der Waals surface area contributed by atoms with Crippen molar-refractivity contribution in [1.82, 2.24) is 4.90 Å². The number of nitrogens with two attached hydrogens (primary N) is 1. The van der Waals surface area contributed by atoms with Gasteiger partial charge in [-0.1, -0.05) is 32.9 Å². The van der Waals surface area contributed by atoms with Gasteiger partial charge < -0.3 is 15.4 Å². The molecule has 1 aliphatic rings. The Balaban J connectivity index is 0.00000338. The lowest BCUT2D eigenvalue weighted by molar-refractivity contribution is -0.142. The molecule has 7 heteroatoms. The van der Waals surface area contributed by atoms with E-state index >= 15 is 0 Å². The van der Waals surface area contributed by atoms with Crippen molar-refractivity contribution >= 4 is 18.3 Å². The molecule has 0 spiro atoms. The number of amides is 1. The van der Waals surface area contributed by atoms with Crippen LogP contribution in [-0.2, 0) is 10.3 Å². The Labute approximate surface area is 160 Å². The average molecular weight is 384 g/mol. The molecule has 144 valence electrons. The van der Waals surface area contributed by atoms with E-state index < -0.39 is 29.1 Å². The van der Waals surface area contributed by atoms with Crippen LogP contribution in [0.2, 0.25) is 0 Å². The number of hydrogen-bond donors (Lipinski definition) is 1. The number of likely N-dealkylation sites (tertiary alicyclic amines) is 1. The topological polar surface area (TPSA) is 79.4 Å². The molecule has 0 aromatic heterocycles. The second kappa shape index (κ2) is 8.24. The van der Waals surface area contributed by atoms with Crippen molar-refractivity contribution in [2.75, 3.05) is 13.7 Å². The van der Waals surface area contributed by atoms with Crippen molar-refractivity contribution in [3.63, 3.8) is 0 Å². The van der Waals surface area contributed by atoms with E-state index in [-0.39, 0.29) is 25.4 Å². The molecule has 0 bridgehead atoms. The van der Waals surface area contributed by atoms with Gasteiger partial charge in [-0.25, -0.2) is 4.39 Å². The molecule has 5 nitrogen and oxygen atoms in total. The number of halogens is 2. The van der Waals surface area contributed by atoms with E-state index in [1.807, 2.05) is 26.8 Å². The van der Waals surface area contributed by atoms with Gasteiger partial charge in [-0.2, -0.15) is 5.26 Å². The summed E-state index contributed by atoms with van der Waals surface area (Å²) in [5, 5.41) is 9.30. The SMILES string of the molecule is CCC(C)(C)C(N)(C(=O)N1CC(F)CC1C#N)c1ccc(OC)cc1.Cl. The number of carbonyl (C=O) groups excluding carboxylic acids is 1. The molecule has 2 rings (SSSR count). The Hall–Kier alpha value is -1.84. The minimum atomic E-state index is -1.37. The summed E-state index contributed by atoms with van der Waals surface area (Å²) in [7, 11) is 1.56. The van der Waals surface area contributed by atoms with Crippen LogP contribution in [0.25, 0.3) is 0 Å². The zero-order valence-corrected chi connectivity index (χ0v) is 16.5. The van der Waals surface area contributed by atoms with E-state index in [1.165, 1.54) is 4.90 Å². The van der Waals surface area contributed by atoms with Gasteiger partial charge in [0.05, 0.1) is 19.7 Å². The van der Waals surface area contributed by atoms with Crippen LogP contribution in [0, 0.1) is 16.7 Å². The molecule has 2 N–H and O–H groups in total. The van der Waals surface area contributed by atoms with Crippen LogP contribution in [0.4, 0.5) is 4.39 Å². The van der Waals surface area contributed by atoms with Gasteiger partial charge in [-0.05, 0) is 29.5 Å². The molecule has 3 atom stereocenters. The van der Waals surface area contributed by atoms with Crippen LogP contribution in [0.1, 0.15) is 39.2 Å². The second-order valence-corrected chi connectivity index (χ2v) is 7.21. The molecule has 0 saturated carbocycles. The first-order valence-corrected chi connectivity index (χ1v) is 8.49. The summed E-state index contributed by atoms with van der Waals surface area (Å²) >= 11 is 0. The van der Waals surface area contributed by atoms with Gasteiger partial charge in [0, 0.05) is 6.42 Å². The molecule has 1 aromatic carbocycles. The number of methoxy groups -OCH3 is 1.